The van der Waals surface area contributed by atoms with Crippen LogP contribution in [0, 0.1) is 0 Å². The van der Waals surface area contributed by atoms with Gasteiger partial charge in [0.15, 0.2) is 0 Å². The minimum Gasteiger partial charge on any atom is -0.361 e. The maximum atomic E-state index is 12.0. The Kier molecular flexibility index (Phi) is 4.29. The molecule has 1 atom stereocenters. The SMILES string of the molecule is CC(OCC(F)(F)F)c1noc(-c2ccccc2Cl)n1. The Morgan fingerprint density at radius 3 is 2.70 bits per heavy atom. The number of alkyl halides is 3. The zero-order valence-corrected chi connectivity index (χ0v) is 11.1. The summed E-state index contributed by atoms with van der Waals surface area (Å²) in [5.74, 6) is 0.164. The number of hydrogen-bond acceptors (Lipinski definition) is 4. The number of benzene rings is 1. The van der Waals surface area contributed by atoms with Gasteiger partial charge in [-0.05, 0) is 19.1 Å². The van der Waals surface area contributed by atoms with Crippen LogP contribution in [-0.2, 0) is 4.74 Å². The molecule has 108 valence electrons. The highest BCUT2D eigenvalue weighted by Crippen LogP contribution is 2.27. The number of aromatic nitrogens is 2. The molecular weight excluding hydrogens is 297 g/mol. The summed E-state index contributed by atoms with van der Waals surface area (Å²) in [6, 6.07) is 6.78. The van der Waals surface area contributed by atoms with E-state index in [2.05, 4.69) is 14.9 Å². The molecular formula is C12H10ClF3N2O2. The molecule has 20 heavy (non-hydrogen) atoms. The van der Waals surface area contributed by atoms with Crippen molar-refractivity contribution in [1.82, 2.24) is 10.1 Å². The Bertz CT molecular complexity index is 586. The Morgan fingerprint density at radius 2 is 2.05 bits per heavy atom. The molecule has 1 aromatic heterocycles. The fraction of sp³-hybridized carbons (Fsp3) is 0.333. The van der Waals surface area contributed by atoms with Crippen molar-refractivity contribution >= 4 is 11.6 Å². The second kappa shape index (κ2) is 5.80. The first-order chi connectivity index (χ1) is 9.37. The predicted molar refractivity (Wildman–Crippen MR) is 65.2 cm³/mol. The molecule has 0 N–H and O–H groups in total. The number of nitrogens with zero attached hydrogens (tertiary/aromatic N) is 2. The topological polar surface area (TPSA) is 48.2 Å². The number of halogens is 4. The van der Waals surface area contributed by atoms with Crippen LogP contribution in [0.1, 0.15) is 18.9 Å². The highest BCUT2D eigenvalue weighted by Gasteiger charge is 2.29. The van der Waals surface area contributed by atoms with Crippen molar-refractivity contribution in [2.24, 2.45) is 0 Å². The van der Waals surface area contributed by atoms with Gasteiger partial charge in [0, 0.05) is 0 Å². The average Bonchev–Trinajstić information content (AvgIpc) is 2.85. The number of ether oxygens (including phenoxy) is 1. The average molecular weight is 307 g/mol. The van der Waals surface area contributed by atoms with Crippen molar-refractivity contribution in [2.45, 2.75) is 19.2 Å². The third kappa shape index (κ3) is 3.71. The van der Waals surface area contributed by atoms with E-state index < -0.39 is 18.9 Å². The molecule has 4 nitrogen and oxygen atoms in total. The van der Waals surface area contributed by atoms with Gasteiger partial charge in [0.1, 0.15) is 12.7 Å². The summed E-state index contributed by atoms with van der Waals surface area (Å²) in [4.78, 5) is 3.99. The Morgan fingerprint density at radius 1 is 1.35 bits per heavy atom. The van der Waals surface area contributed by atoms with Gasteiger partial charge in [-0.2, -0.15) is 18.2 Å². The predicted octanol–water partition coefficient (Wildman–Crippen LogP) is 4.03. The molecule has 0 fully saturated rings. The Balaban J connectivity index is 2.11. The molecule has 0 aliphatic carbocycles. The van der Waals surface area contributed by atoms with Gasteiger partial charge in [0.25, 0.3) is 5.89 Å². The van der Waals surface area contributed by atoms with Crippen LogP contribution in [0.2, 0.25) is 5.02 Å². The highest BCUT2D eigenvalue weighted by atomic mass is 35.5. The largest absolute Gasteiger partial charge is 0.411 e. The lowest BCUT2D eigenvalue weighted by Gasteiger charge is -2.10. The van der Waals surface area contributed by atoms with Gasteiger partial charge < -0.3 is 9.26 Å². The lowest BCUT2D eigenvalue weighted by Crippen LogP contribution is -2.18. The maximum Gasteiger partial charge on any atom is 0.411 e. The first-order valence-corrected chi connectivity index (χ1v) is 6.01. The summed E-state index contributed by atoms with van der Waals surface area (Å²) in [6.07, 6.45) is -5.33. The standard InChI is InChI=1S/C12H10ClF3N2O2/c1-7(19-6-12(14,15)16)10-17-11(20-18-10)8-4-2-3-5-9(8)13/h2-5,7H,6H2,1H3. The van der Waals surface area contributed by atoms with Crippen molar-refractivity contribution in [3.63, 3.8) is 0 Å². The van der Waals surface area contributed by atoms with E-state index in [1.165, 1.54) is 6.92 Å². The summed E-state index contributed by atoms with van der Waals surface area (Å²) in [7, 11) is 0. The molecule has 1 aromatic carbocycles. The van der Waals surface area contributed by atoms with E-state index in [0.717, 1.165) is 0 Å². The molecule has 0 aliphatic rings. The molecule has 0 aliphatic heterocycles. The lowest BCUT2D eigenvalue weighted by atomic mass is 10.2. The van der Waals surface area contributed by atoms with Crippen molar-refractivity contribution in [2.75, 3.05) is 6.61 Å². The van der Waals surface area contributed by atoms with E-state index in [1.54, 1.807) is 24.3 Å². The van der Waals surface area contributed by atoms with Gasteiger partial charge in [-0.25, -0.2) is 0 Å². The maximum absolute atomic E-state index is 12.0. The highest BCUT2D eigenvalue weighted by molar-refractivity contribution is 6.33. The summed E-state index contributed by atoms with van der Waals surface area (Å²) in [5.41, 5.74) is 0.510. The molecule has 1 unspecified atom stereocenters. The van der Waals surface area contributed by atoms with Crippen molar-refractivity contribution < 1.29 is 22.4 Å². The minimum atomic E-state index is -4.40. The van der Waals surface area contributed by atoms with Gasteiger partial charge in [-0.3, -0.25) is 0 Å². The Hall–Kier alpha value is -1.60. The molecule has 1 heterocycles. The summed E-state index contributed by atoms with van der Waals surface area (Å²) in [6.45, 7) is 0.0388. The van der Waals surface area contributed by atoms with E-state index >= 15 is 0 Å². The van der Waals surface area contributed by atoms with E-state index in [4.69, 9.17) is 16.1 Å². The van der Waals surface area contributed by atoms with E-state index in [0.29, 0.717) is 10.6 Å². The molecule has 0 radical (unpaired) electrons. The number of hydrogen-bond donors (Lipinski definition) is 0. The van der Waals surface area contributed by atoms with Crippen LogP contribution < -0.4 is 0 Å². The second-order valence-electron chi connectivity index (χ2n) is 4.01. The van der Waals surface area contributed by atoms with Crippen molar-refractivity contribution in [1.29, 1.82) is 0 Å². The monoisotopic (exact) mass is 306 g/mol. The van der Waals surface area contributed by atoms with Crippen LogP contribution >= 0.6 is 11.6 Å². The fourth-order valence-electron chi connectivity index (χ4n) is 1.44. The molecule has 0 spiro atoms. The molecule has 0 bridgehead atoms. The van der Waals surface area contributed by atoms with E-state index in [-0.39, 0.29) is 11.7 Å². The van der Waals surface area contributed by atoms with Crippen LogP contribution in [0.4, 0.5) is 13.2 Å². The summed E-state index contributed by atoms with van der Waals surface area (Å²) >= 11 is 5.96. The van der Waals surface area contributed by atoms with Crippen molar-refractivity contribution in [3.05, 3.63) is 35.1 Å². The van der Waals surface area contributed by atoms with Gasteiger partial charge in [0.05, 0.1) is 10.6 Å². The number of rotatable bonds is 4. The van der Waals surface area contributed by atoms with Gasteiger partial charge in [-0.1, -0.05) is 28.9 Å². The summed E-state index contributed by atoms with van der Waals surface area (Å²) < 4.78 is 45.8. The molecule has 0 saturated heterocycles. The third-order valence-corrected chi connectivity index (χ3v) is 2.74. The van der Waals surface area contributed by atoms with E-state index in [1.807, 2.05) is 0 Å². The smallest absolute Gasteiger partial charge is 0.361 e. The van der Waals surface area contributed by atoms with Gasteiger partial charge >= 0.3 is 6.18 Å². The quantitative estimate of drug-likeness (QED) is 0.855. The van der Waals surface area contributed by atoms with Crippen LogP contribution in [0.25, 0.3) is 11.5 Å². The van der Waals surface area contributed by atoms with E-state index in [9.17, 15) is 13.2 Å². The fourth-order valence-corrected chi connectivity index (χ4v) is 1.65. The molecule has 2 aromatic rings. The Labute approximate surface area is 117 Å². The third-order valence-electron chi connectivity index (χ3n) is 2.41. The van der Waals surface area contributed by atoms with Gasteiger partial charge in [0.2, 0.25) is 5.82 Å². The van der Waals surface area contributed by atoms with Crippen LogP contribution in [0.5, 0.6) is 0 Å². The first-order valence-electron chi connectivity index (χ1n) is 5.63. The lowest BCUT2D eigenvalue weighted by molar-refractivity contribution is -0.185. The van der Waals surface area contributed by atoms with Crippen LogP contribution in [0.15, 0.2) is 28.8 Å². The second-order valence-corrected chi connectivity index (χ2v) is 4.41. The van der Waals surface area contributed by atoms with Crippen molar-refractivity contribution in [3.8, 4) is 11.5 Å². The summed E-state index contributed by atoms with van der Waals surface area (Å²) in [5, 5.41) is 4.01. The van der Waals surface area contributed by atoms with Crippen LogP contribution in [-0.4, -0.2) is 22.9 Å². The normalized spacial score (nSPS) is 13.4. The minimum absolute atomic E-state index is 0.0316. The van der Waals surface area contributed by atoms with Crippen LogP contribution in [0.3, 0.4) is 0 Å². The first kappa shape index (κ1) is 14.8. The molecule has 0 amide bonds. The molecule has 2 rings (SSSR count). The zero-order chi connectivity index (χ0) is 14.8. The van der Waals surface area contributed by atoms with Gasteiger partial charge in [-0.15, -0.1) is 0 Å². The molecule has 0 saturated carbocycles. The molecule has 8 heteroatoms. The zero-order valence-electron chi connectivity index (χ0n) is 10.3.